The van der Waals surface area contributed by atoms with Crippen molar-refractivity contribution in [3.63, 3.8) is 0 Å². The Morgan fingerprint density at radius 1 is 0.442 bits per heavy atom. The molecule has 0 saturated carbocycles. The van der Waals surface area contributed by atoms with E-state index >= 15 is 0 Å². The first-order valence-electron chi connectivity index (χ1n) is 24.5. The highest BCUT2D eigenvalue weighted by Gasteiger charge is 2.53. The number of primary sulfonamides is 1. The van der Waals surface area contributed by atoms with Gasteiger partial charge in [0.1, 0.15) is 41.7 Å². The summed E-state index contributed by atoms with van der Waals surface area (Å²) >= 11 is 0. The van der Waals surface area contributed by atoms with Crippen LogP contribution in [-0.2, 0) is 107 Å². The third-order valence-corrected chi connectivity index (χ3v) is 15.7. The van der Waals surface area contributed by atoms with Crippen LogP contribution in [0.4, 0.5) is 19.2 Å². The van der Waals surface area contributed by atoms with Gasteiger partial charge in [0, 0.05) is 32.4 Å². The number of carbonyl (C=O) groups is 10. The Morgan fingerprint density at radius 3 is 0.907 bits per heavy atom. The monoisotopic (exact) mass is 1360 g/mol. The number of nitrogens with two attached hydrogens (primary N) is 2. The van der Waals surface area contributed by atoms with Gasteiger partial charge >= 0.3 is 65.7 Å². The van der Waals surface area contributed by atoms with Crippen LogP contribution >= 0.6 is 0 Å². The summed E-state index contributed by atoms with van der Waals surface area (Å²) in [6, 6.07) is -9.30. The van der Waals surface area contributed by atoms with E-state index < -0.39 is 175 Å². The van der Waals surface area contributed by atoms with Crippen LogP contribution in [-0.4, -0.2) is 274 Å². The summed E-state index contributed by atoms with van der Waals surface area (Å²) in [4.78, 5) is 122. The van der Waals surface area contributed by atoms with Gasteiger partial charge in [-0.05, 0) is 58.3 Å². The van der Waals surface area contributed by atoms with Gasteiger partial charge in [-0.1, -0.05) is 0 Å². The molecule has 8 rings (SSSR count). The van der Waals surface area contributed by atoms with Crippen molar-refractivity contribution in [1.29, 1.82) is 0 Å². The lowest BCUT2D eigenvalue weighted by Crippen LogP contribution is -2.51. The molecule has 0 aromatic rings. The molecule has 12 N–H and O–H groups in total. The number of nitrogens with zero attached hydrogens (tertiary/aromatic N) is 8. The molecule has 8 atom stereocenters. The van der Waals surface area contributed by atoms with E-state index in [4.69, 9.17) is 29.1 Å². The van der Waals surface area contributed by atoms with E-state index in [1.54, 1.807) is 0 Å². The first kappa shape index (κ1) is 70.2. The first-order chi connectivity index (χ1) is 39.3. The van der Waals surface area contributed by atoms with Crippen molar-refractivity contribution >= 4 is 121 Å². The highest BCUT2D eigenvalue weighted by Crippen LogP contribution is 2.34. The molecule has 8 aliphatic heterocycles. The second-order valence-corrected chi connectivity index (χ2v) is 27.4. The Morgan fingerprint density at radius 2 is 0.686 bits per heavy atom. The van der Waals surface area contributed by atoms with Gasteiger partial charge in [0.25, 0.3) is 0 Å². The van der Waals surface area contributed by atoms with Gasteiger partial charge in [-0.25, -0.2) is 41.2 Å². The Kier molecular flexibility index (Phi) is 22.2. The van der Waals surface area contributed by atoms with E-state index in [0.717, 1.165) is 25.9 Å². The number of sulfone groups is 1. The maximum absolute atomic E-state index is 12.0. The molecular formula is C36H58N14O30S6. The summed E-state index contributed by atoms with van der Waals surface area (Å²) in [5.74, 6) is -4.69. The number of sulfonamides is 1. The van der Waals surface area contributed by atoms with Gasteiger partial charge < -0.3 is 46.6 Å². The molecule has 0 spiro atoms. The standard InChI is InChI=1S/C10H15N3O7S.C9H14N4O7S.C9H15N3O8S2.C8H14N4O8S2/c1-6(14)4-11-9(15)8-3-2-7-5-12(8)10(16)13(7)20-21(17,18)19;10-7(14)3-11-8(15)6-2-1-5-4-12(6)9(16)13(5)20-21(17,18)19;1-21(15,16)5-10-8(13)7-3-2-6-4-11(7)9(14)12(6)20-22(17,18)19;9-21(15,16)4-10-7(13)6-2-1-5-3-11(6)8(14)12(5)20-22(17,18)19/h7-8H,2-5H2,1H3,(H,11,15)(H,17,18,19);5-6H,1-4H2,(H2,10,14)(H,11,15)(H,17,18,19);6-7H,2-5H2,1H3,(H,10,13)(H,17,18,19);5-6H,1-4H2,(H,10,13)(H2,9,15,16)(H,17,18,19)/t7-,8+;5-,6+;6-,7+;5-,6+/m1111/s1. The number of hydroxylamine groups is 8. The quantitative estimate of drug-likeness (QED) is 0.0506. The van der Waals surface area contributed by atoms with Crippen molar-refractivity contribution in [2.45, 2.75) is 107 Å². The number of urea groups is 4. The normalized spacial score (nSPS) is 25.3. The number of amides is 13. The van der Waals surface area contributed by atoms with E-state index in [1.807, 2.05) is 0 Å². The highest BCUT2D eigenvalue weighted by atomic mass is 32.3. The van der Waals surface area contributed by atoms with Gasteiger partial charge in [0.15, 0.2) is 9.84 Å². The summed E-state index contributed by atoms with van der Waals surface area (Å²) in [7, 11) is -26.6. The number of carbonyl (C=O) groups excluding carboxylic acids is 10. The smallest absolute Gasteiger partial charge is 0.368 e. The molecule has 0 aliphatic carbocycles. The number of hydrogen-bond acceptors (Lipinski definition) is 26. The summed E-state index contributed by atoms with van der Waals surface area (Å²) in [6.07, 6.45) is 3.10. The number of rotatable bonds is 20. The van der Waals surface area contributed by atoms with Crippen molar-refractivity contribution < 1.29 is 134 Å². The molecule has 13 amide bonds. The van der Waals surface area contributed by atoms with Crippen LogP contribution in [0.1, 0.15) is 58.3 Å². The molecule has 86 heavy (non-hydrogen) atoms. The predicted octanol–water partition coefficient (Wildman–Crippen LogP) is -8.26. The van der Waals surface area contributed by atoms with Gasteiger partial charge in [-0.3, -0.25) is 47.0 Å². The zero-order chi connectivity index (χ0) is 65.0. The van der Waals surface area contributed by atoms with Crippen molar-refractivity contribution in [3.8, 4) is 0 Å². The van der Waals surface area contributed by atoms with Crippen LogP contribution in [0.25, 0.3) is 0 Å². The molecule has 0 radical (unpaired) electrons. The zero-order valence-electron chi connectivity index (χ0n) is 44.5. The Labute approximate surface area is 488 Å². The minimum atomic E-state index is -4.86. The number of ketones is 1. The zero-order valence-corrected chi connectivity index (χ0v) is 49.4. The Hall–Kier alpha value is -6.56. The Balaban J connectivity index is 0.000000209. The third kappa shape index (κ3) is 19.7. The molecule has 50 heteroatoms. The largest absolute Gasteiger partial charge is 0.418 e. The van der Waals surface area contributed by atoms with Crippen LogP contribution < -0.4 is 32.1 Å². The van der Waals surface area contributed by atoms with Gasteiger partial charge in [0.2, 0.25) is 39.6 Å². The van der Waals surface area contributed by atoms with E-state index in [0.29, 0.717) is 39.5 Å². The molecule has 8 bridgehead atoms. The van der Waals surface area contributed by atoms with Crippen LogP contribution in [0, 0.1) is 0 Å². The summed E-state index contributed by atoms with van der Waals surface area (Å²) in [5.41, 5.74) is 4.91. The number of piperidine rings is 4. The first-order valence-corrected chi connectivity index (χ1v) is 33.7. The lowest BCUT2D eigenvalue weighted by atomic mass is 10.0. The van der Waals surface area contributed by atoms with Crippen LogP contribution in [0.2, 0.25) is 0 Å². The molecule has 8 aliphatic rings. The van der Waals surface area contributed by atoms with Crippen LogP contribution in [0.15, 0.2) is 0 Å². The molecule has 0 aromatic carbocycles. The number of Topliss-reactive ketones (excluding diaryl/α,β-unsaturated/α-hetero) is 1. The van der Waals surface area contributed by atoms with E-state index in [-0.39, 0.29) is 77.2 Å². The SMILES string of the molecule is CC(=O)CNC(=O)[C@@H]1CC[C@@H]2CN1C(=O)N2OS(=O)(=O)O.CS(=O)(=O)CNC(=O)[C@@H]1CC[C@@H]2CN1C(=O)N2OS(=O)(=O)O.NC(=O)CNC(=O)[C@@H]1CC[C@@H]2CN1C(=O)N2OS(=O)(=O)O.NS(=O)(=O)CNC(=O)[C@@H]1CC[C@@H]2CN1C(=O)N2OS(=O)(=O)O. The molecule has 8 heterocycles. The maximum atomic E-state index is 12.0. The average molecular weight is 1360 g/mol. The van der Waals surface area contributed by atoms with E-state index in [9.17, 15) is 98.5 Å². The number of primary amides is 1. The van der Waals surface area contributed by atoms with Crippen molar-refractivity contribution in [2.24, 2.45) is 10.9 Å². The molecule has 8 saturated heterocycles. The molecule has 0 aromatic heterocycles. The third-order valence-electron chi connectivity index (χ3n) is 13.1. The fraction of sp³-hybridized carbons (Fsp3) is 0.722. The molecule has 488 valence electrons. The van der Waals surface area contributed by atoms with Gasteiger partial charge in [-0.15, -0.1) is 17.1 Å². The van der Waals surface area contributed by atoms with Crippen LogP contribution in [0.3, 0.4) is 0 Å². The van der Waals surface area contributed by atoms with Gasteiger partial charge in [-0.2, -0.15) is 53.9 Å². The average Bonchev–Trinajstić information content (AvgIpc) is 1.77. The Bertz CT molecular complexity index is 3190. The maximum Gasteiger partial charge on any atom is 0.418 e. The second kappa shape index (κ2) is 27.2. The van der Waals surface area contributed by atoms with E-state index in [2.05, 4.69) is 38.4 Å². The number of fused-ring (bicyclic) bond motifs is 8. The van der Waals surface area contributed by atoms with Crippen molar-refractivity contribution in [3.05, 3.63) is 0 Å². The van der Waals surface area contributed by atoms with E-state index in [1.165, 1.54) is 6.92 Å². The predicted molar refractivity (Wildman–Crippen MR) is 273 cm³/mol. The lowest BCUT2D eigenvalue weighted by Gasteiger charge is -2.29. The summed E-state index contributed by atoms with van der Waals surface area (Å²) < 4.78 is 181. The number of nitrogens with one attached hydrogen (secondary N) is 4. The topological polar surface area (TPSA) is 619 Å². The van der Waals surface area contributed by atoms with Gasteiger partial charge in [0.05, 0.1) is 37.3 Å². The molecular weight excluding hydrogens is 1300 g/mol. The summed E-state index contributed by atoms with van der Waals surface area (Å²) in [5, 5.41) is 15.9. The minimum Gasteiger partial charge on any atom is -0.368 e. The lowest BCUT2D eigenvalue weighted by molar-refractivity contribution is -0.128. The van der Waals surface area contributed by atoms with Crippen LogP contribution in [0.5, 0.6) is 0 Å². The van der Waals surface area contributed by atoms with Crippen molar-refractivity contribution in [2.75, 3.05) is 57.3 Å². The second-order valence-electron chi connectivity index (χ2n) is 19.6. The summed E-state index contributed by atoms with van der Waals surface area (Å²) in [6.45, 7) is 1.10. The molecule has 44 nitrogen and oxygen atoms in total. The minimum absolute atomic E-state index is 0.0157. The number of hydrogen-bond donors (Lipinski definition) is 10. The molecule has 8 fully saturated rings. The highest BCUT2D eigenvalue weighted by molar-refractivity contribution is 7.90. The fourth-order valence-electron chi connectivity index (χ4n) is 9.65. The van der Waals surface area contributed by atoms with Crippen molar-refractivity contribution in [1.82, 2.24) is 61.1 Å². The fourth-order valence-corrected chi connectivity index (χ4v) is 11.9. The molecule has 0 unspecified atom stereocenters.